The molecule has 1 fully saturated rings. The van der Waals surface area contributed by atoms with Crippen LogP contribution in [0.1, 0.15) is 61.4 Å². The molecular weight excluding hydrogens is 278 g/mol. The summed E-state index contributed by atoms with van der Waals surface area (Å²) in [6.45, 7) is 4.77. The molecule has 1 N–H and O–H groups in total. The zero-order valence-corrected chi connectivity index (χ0v) is 13.2. The van der Waals surface area contributed by atoms with Crippen molar-refractivity contribution < 1.29 is 14.7 Å². The van der Waals surface area contributed by atoms with E-state index >= 15 is 0 Å². The number of rotatable bonds is 3. The van der Waals surface area contributed by atoms with Gasteiger partial charge in [0.05, 0.1) is 5.54 Å². The second-order valence-electron chi connectivity index (χ2n) is 6.98. The maximum Gasteiger partial charge on any atom is 0.313 e. The van der Waals surface area contributed by atoms with E-state index in [0.29, 0.717) is 23.6 Å². The number of carbonyl (C=O) groups is 2. The molecule has 0 aromatic heterocycles. The van der Waals surface area contributed by atoms with E-state index < -0.39 is 17.4 Å². The predicted molar refractivity (Wildman–Crippen MR) is 83.9 cm³/mol. The summed E-state index contributed by atoms with van der Waals surface area (Å²) in [5.74, 6) is -1.09. The molecule has 0 bridgehead atoms. The molecule has 0 radical (unpaired) electrons. The van der Waals surface area contributed by atoms with Gasteiger partial charge >= 0.3 is 5.97 Å². The first-order chi connectivity index (χ1) is 10.5. The maximum absolute atomic E-state index is 13.0. The van der Waals surface area contributed by atoms with E-state index in [1.165, 1.54) is 0 Å². The lowest BCUT2D eigenvalue weighted by atomic mass is 9.71. The Kier molecular flexibility index (Phi) is 3.71. The van der Waals surface area contributed by atoms with Crippen molar-refractivity contribution in [1.82, 2.24) is 4.90 Å². The van der Waals surface area contributed by atoms with Gasteiger partial charge in [0.1, 0.15) is 5.92 Å². The molecular formula is C18H23NO3. The van der Waals surface area contributed by atoms with Gasteiger partial charge in [-0.1, -0.05) is 44.9 Å². The molecule has 1 aliphatic heterocycles. The van der Waals surface area contributed by atoms with Gasteiger partial charge < -0.3 is 10.0 Å². The lowest BCUT2D eigenvalue weighted by Gasteiger charge is -2.49. The molecule has 0 saturated heterocycles. The molecule has 0 unspecified atom stereocenters. The van der Waals surface area contributed by atoms with Gasteiger partial charge in [-0.2, -0.15) is 0 Å². The molecule has 4 nitrogen and oxygen atoms in total. The molecule has 1 atom stereocenters. The van der Waals surface area contributed by atoms with Crippen LogP contribution in [0.4, 0.5) is 0 Å². The minimum Gasteiger partial charge on any atom is -0.481 e. The largest absolute Gasteiger partial charge is 0.481 e. The number of carboxylic acids is 1. The number of hydrogen-bond donors (Lipinski definition) is 1. The molecule has 2 aliphatic rings. The van der Waals surface area contributed by atoms with Crippen molar-refractivity contribution >= 4 is 11.9 Å². The van der Waals surface area contributed by atoms with Gasteiger partial charge in [-0.25, -0.2) is 0 Å². The van der Waals surface area contributed by atoms with E-state index in [2.05, 4.69) is 13.8 Å². The van der Waals surface area contributed by atoms with Crippen LogP contribution in [0, 0.1) is 5.92 Å². The minimum absolute atomic E-state index is 0.00343. The van der Waals surface area contributed by atoms with Crippen LogP contribution in [0.2, 0.25) is 0 Å². The second-order valence-corrected chi connectivity index (χ2v) is 6.98. The second kappa shape index (κ2) is 5.41. The highest BCUT2D eigenvalue weighted by atomic mass is 16.4. The third-order valence-electron chi connectivity index (χ3n) is 5.09. The van der Waals surface area contributed by atoms with Crippen LogP contribution in [0.3, 0.4) is 0 Å². The number of amides is 1. The van der Waals surface area contributed by atoms with Gasteiger partial charge in [0.15, 0.2) is 0 Å². The maximum atomic E-state index is 13.0. The number of hydrogen-bond acceptors (Lipinski definition) is 2. The Balaban J connectivity index is 2.19. The Morgan fingerprint density at radius 1 is 1.32 bits per heavy atom. The fraction of sp³-hybridized carbons (Fsp3) is 0.556. The normalized spacial score (nSPS) is 23.1. The standard InChI is InChI=1S/C18H23NO3/c1-12(2)11-19-16(20)14-8-4-3-7-13(14)15(17(21)22)18(19)9-5-6-10-18/h3-4,7-8,12,15H,5-6,9-11H2,1-2H3,(H,21,22)/t15-/m1/s1. The number of aliphatic carboxylic acids is 1. The summed E-state index contributed by atoms with van der Waals surface area (Å²) in [7, 11) is 0. The van der Waals surface area contributed by atoms with E-state index in [0.717, 1.165) is 25.7 Å². The number of carboxylic acid groups (broad SMARTS) is 1. The molecule has 1 amide bonds. The summed E-state index contributed by atoms with van der Waals surface area (Å²) in [4.78, 5) is 27.0. The average Bonchev–Trinajstić information content (AvgIpc) is 2.93. The summed E-state index contributed by atoms with van der Waals surface area (Å²) >= 11 is 0. The number of nitrogens with zero attached hydrogens (tertiary/aromatic N) is 1. The number of benzene rings is 1. The van der Waals surface area contributed by atoms with Gasteiger partial charge in [0, 0.05) is 12.1 Å². The summed E-state index contributed by atoms with van der Waals surface area (Å²) in [5.41, 5.74) is 0.719. The van der Waals surface area contributed by atoms with Crippen molar-refractivity contribution in [2.24, 2.45) is 5.92 Å². The molecule has 1 heterocycles. The predicted octanol–water partition coefficient (Wildman–Crippen LogP) is 3.28. The number of fused-ring (bicyclic) bond motifs is 1. The summed E-state index contributed by atoms with van der Waals surface area (Å²) in [5, 5.41) is 9.91. The van der Waals surface area contributed by atoms with Crippen LogP contribution in [0.15, 0.2) is 24.3 Å². The Bertz CT molecular complexity index is 602. The third kappa shape index (κ3) is 2.13. The van der Waals surface area contributed by atoms with Crippen molar-refractivity contribution in [3.63, 3.8) is 0 Å². The Hall–Kier alpha value is -1.84. The zero-order chi connectivity index (χ0) is 15.9. The van der Waals surface area contributed by atoms with Crippen molar-refractivity contribution in [1.29, 1.82) is 0 Å². The van der Waals surface area contributed by atoms with Crippen molar-refractivity contribution in [2.75, 3.05) is 6.54 Å². The molecule has 3 rings (SSSR count). The first-order valence-electron chi connectivity index (χ1n) is 8.11. The topological polar surface area (TPSA) is 57.6 Å². The van der Waals surface area contributed by atoms with E-state index in [1.807, 2.05) is 23.1 Å². The molecule has 1 aliphatic carbocycles. The SMILES string of the molecule is CC(C)CN1C(=O)c2ccccc2[C@H](C(=O)O)C12CCCC2. The molecule has 1 aromatic rings. The van der Waals surface area contributed by atoms with Gasteiger partial charge in [-0.05, 0) is 30.4 Å². The highest BCUT2D eigenvalue weighted by molar-refractivity contribution is 6.01. The van der Waals surface area contributed by atoms with Crippen LogP contribution in [0.5, 0.6) is 0 Å². The van der Waals surface area contributed by atoms with Crippen molar-refractivity contribution in [3.8, 4) is 0 Å². The number of carbonyl (C=O) groups excluding carboxylic acids is 1. The van der Waals surface area contributed by atoms with Gasteiger partial charge in [0.2, 0.25) is 0 Å². The summed E-state index contributed by atoms with van der Waals surface area (Å²) in [6, 6.07) is 7.24. The van der Waals surface area contributed by atoms with Gasteiger partial charge in [0.25, 0.3) is 5.91 Å². The smallest absolute Gasteiger partial charge is 0.313 e. The van der Waals surface area contributed by atoms with E-state index in [-0.39, 0.29) is 5.91 Å². The monoisotopic (exact) mass is 301 g/mol. The molecule has 1 aromatic carbocycles. The molecule has 118 valence electrons. The Morgan fingerprint density at radius 2 is 1.95 bits per heavy atom. The molecule has 1 spiro atoms. The minimum atomic E-state index is -0.810. The quantitative estimate of drug-likeness (QED) is 0.932. The summed E-state index contributed by atoms with van der Waals surface area (Å²) in [6.07, 6.45) is 3.56. The average molecular weight is 301 g/mol. The van der Waals surface area contributed by atoms with E-state index in [4.69, 9.17) is 0 Å². The zero-order valence-electron chi connectivity index (χ0n) is 13.2. The third-order valence-corrected chi connectivity index (χ3v) is 5.09. The Morgan fingerprint density at radius 3 is 2.55 bits per heavy atom. The fourth-order valence-corrected chi connectivity index (χ4v) is 4.27. The van der Waals surface area contributed by atoms with E-state index in [9.17, 15) is 14.7 Å². The van der Waals surface area contributed by atoms with Gasteiger partial charge in [-0.3, -0.25) is 9.59 Å². The fourth-order valence-electron chi connectivity index (χ4n) is 4.27. The summed E-state index contributed by atoms with van der Waals surface area (Å²) < 4.78 is 0. The van der Waals surface area contributed by atoms with Crippen LogP contribution in [-0.2, 0) is 4.79 Å². The molecule has 4 heteroatoms. The highest BCUT2D eigenvalue weighted by Crippen LogP contribution is 2.50. The van der Waals surface area contributed by atoms with Crippen molar-refractivity contribution in [3.05, 3.63) is 35.4 Å². The van der Waals surface area contributed by atoms with Crippen LogP contribution in [0.25, 0.3) is 0 Å². The van der Waals surface area contributed by atoms with E-state index in [1.54, 1.807) is 6.07 Å². The Labute approximate surface area is 131 Å². The lowest BCUT2D eigenvalue weighted by molar-refractivity contribution is -0.143. The van der Waals surface area contributed by atoms with Crippen molar-refractivity contribution in [2.45, 2.75) is 51.0 Å². The first kappa shape index (κ1) is 15.1. The lowest BCUT2D eigenvalue weighted by Crippen LogP contribution is -2.60. The van der Waals surface area contributed by atoms with Crippen LogP contribution >= 0.6 is 0 Å². The highest BCUT2D eigenvalue weighted by Gasteiger charge is 2.55. The molecule has 22 heavy (non-hydrogen) atoms. The van der Waals surface area contributed by atoms with Crippen LogP contribution < -0.4 is 0 Å². The first-order valence-corrected chi connectivity index (χ1v) is 8.11. The van der Waals surface area contributed by atoms with Gasteiger partial charge in [-0.15, -0.1) is 0 Å². The molecule has 1 saturated carbocycles. The van der Waals surface area contributed by atoms with Crippen LogP contribution in [-0.4, -0.2) is 34.0 Å².